The molecule has 0 bridgehead atoms. The second-order valence-corrected chi connectivity index (χ2v) is 10.5. The molecule has 0 aliphatic heterocycles. The molecular weight excluding hydrogens is 604 g/mol. The molecule has 1 aliphatic rings. The number of halogens is 4. The van der Waals surface area contributed by atoms with Gasteiger partial charge in [-0.05, 0) is 85.4 Å². The number of ether oxygens (including phenoxy) is 3. The molecule has 1 atom stereocenters. The Morgan fingerprint density at radius 2 is 1.84 bits per heavy atom. The topological polar surface area (TPSA) is 78.0 Å². The number of amides is 1. The first-order valence-corrected chi connectivity index (χ1v) is 13.0. The summed E-state index contributed by atoms with van der Waals surface area (Å²) in [5.41, 5.74) is -0.779. The lowest BCUT2D eigenvalue weighted by atomic mass is 9.82. The fraction of sp³-hybridized carbons (Fsp3) is 0.500. The third-order valence-electron chi connectivity index (χ3n) is 6.42. The van der Waals surface area contributed by atoms with Gasteiger partial charge in [-0.1, -0.05) is 6.92 Å². The lowest BCUT2D eigenvalue weighted by molar-refractivity contribution is -0.139. The van der Waals surface area contributed by atoms with Gasteiger partial charge in [-0.15, -0.1) is 0 Å². The van der Waals surface area contributed by atoms with Crippen LogP contribution in [0.3, 0.4) is 0 Å². The molecular formula is C26H30F3IN2O5. The number of nitrogens with zero attached hydrogens (tertiary/aromatic N) is 2. The normalized spacial score (nSPS) is 18.7. The second-order valence-electron chi connectivity index (χ2n) is 9.25. The standard InChI is InChI=1S/C26H30F3IN2O5/c1-15-5-7-17(8-6-15)24(33)32(16(2)14-35-3)22-10-9-19(12-20(22)25(34)36-4)37-23-21(26(27,28)29)11-18(30)13-31-23/h9-13,15-17H,5-8,14H2,1-4H3/t15-,16-,17-/m0/s1. The zero-order valence-corrected chi connectivity index (χ0v) is 23.3. The van der Waals surface area contributed by atoms with Crippen molar-refractivity contribution in [3.8, 4) is 11.6 Å². The maximum Gasteiger partial charge on any atom is 0.421 e. The number of pyridine rings is 1. The van der Waals surface area contributed by atoms with E-state index in [0.29, 0.717) is 9.49 Å². The number of carbonyl (C=O) groups is 2. The molecule has 0 spiro atoms. The number of hydrogen-bond donors (Lipinski definition) is 0. The maximum atomic E-state index is 13.7. The third-order valence-corrected chi connectivity index (χ3v) is 7.01. The van der Waals surface area contributed by atoms with Crippen molar-refractivity contribution in [2.45, 2.75) is 51.7 Å². The number of esters is 1. The summed E-state index contributed by atoms with van der Waals surface area (Å²) in [5, 5.41) is 0. The van der Waals surface area contributed by atoms with Gasteiger partial charge in [0.1, 0.15) is 11.3 Å². The Morgan fingerprint density at radius 3 is 2.43 bits per heavy atom. The van der Waals surface area contributed by atoms with Gasteiger partial charge in [0.05, 0.1) is 31.0 Å². The summed E-state index contributed by atoms with van der Waals surface area (Å²) in [5.74, 6) is -1.24. The van der Waals surface area contributed by atoms with Crippen LogP contribution in [-0.4, -0.2) is 43.7 Å². The average molecular weight is 634 g/mol. The predicted molar refractivity (Wildman–Crippen MR) is 140 cm³/mol. The number of alkyl halides is 3. The minimum Gasteiger partial charge on any atom is -0.465 e. The van der Waals surface area contributed by atoms with Gasteiger partial charge in [0.2, 0.25) is 11.8 Å². The van der Waals surface area contributed by atoms with Crippen molar-refractivity contribution in [2.75, 3.05) is 25.7 Å². The van der Waals surface area contributed by atoms with Crippen molar-refractivity contribution in [2.24, 2.45) is 11.8 Å². The lowest BCUT2D eigenvalue weighted by Crippen LogP contribution is -2.46. The van der Waals surface area contributed by atoms with Crippen LogP contribution in [0.1, 0.15) is 55.5 Å². The number of hydrogen-bond acceptors (Lipinski definition) is 6. The molecule has 1 aliphatic carbocycles. The van der Waals surface area contributed by atoms with Crippen molar-refractivity contribution >= 4 is 40.2 Å². The summed E-state index contributed by atoms with van der Waals surface area (Å²) in [6, 6.07) is 4.67. The minimum atomic E-state index is -4.69. The van der Waals surface area contributed by atoms with E-state index in [4.69, 9.17) is 14.2 Å². The lowest BCUT2D eigenvalue weighted by Gasteiger charge is -2.35. The Bertz CT molecular complexity index is 1120. The highest BCUT2D eigenvalue weighted by atomic mass is 127. The quantitative estimate of drug-likeness (QED) is 0.245. The molecule has 0 saturated heterocycles. The number of methoxy groups -OCH3 is 2. The first kappa shape index (κ1) is 29.2. The molecule has 1 fully saturated rings. The van der Waals surface area contributed by atoms with E-state index in [1.54, 1.807) is 22.6 Å². The molecule has 7 nitrogen and oxygen atoms in total. The largest absolute Gasteiger partial charge is 0.465 e. The maximum absolute atomic E-state index is 13.7. The van der Waals surface area contributed by atoms with Crippen LogP contribution in [0.15, 0.2) is 30.5 Å². The van der Waals surface area contributed by atoms with E-state index in [1.165, 1.54) is 43.5 Å². The number of carbonyl (C=O) groups excluding carboxylic acids is 2. The Morgan fingerprint density at radius 1 is 1.16 bits per heavy atom. The predicted octanol–water partition coefficient (Wildman–Crippen LogP) is 6.48. The Labute approximate surface area is 227 Å². The molecule has 3 rings (SSSR count). The monoisotopic (exact) mass is 634 g/mol. The minimum absolute atomic E-state index is 0.0143. The van der Waals surface area contributed by atoms with Crippen molar-refractivity contribution < 1.29 is 37.0 Å². The summed E-state index contributed by atoms with van der Waals surface area (Å²) in [6.07, 6.45) is -0.0923. The van der Waals surface area contributed by atoms with Gasteiger partial charge in [-0.25, -0.2) is 9.78 Å². The van der Waals surface area contributed by atoms with E-state index in [2.05, 4.69) is 11.9 Å². The van der Waals surface area contributed by atoms with Crippen molar-refractivity contribution in [1.82, 2.24) is 4.98 Å². The molecule has 1 amide bonds. The zero-order valence-electron chi connectivity index (χ0n) is 21.1. The van der Waals surface area contributed by atoms with Crippen LogP contribution < -0.4 is 9.64 Å². The number of benzene rings is 1. The van der Waals surface area contributed by atoms with Gasteiger partial charge in [-0.2, -0.15) is 13.2 Å². The fourth-order valence-electron chi connectivity index (χ4n) is 4.48. The van der Waals surface area contributed by atoms with Crippen LogP contribution in [0.5, 0.6) is 11.6 Å². The van der Waals surface area contributed by atoms with Crippen LogP contribution in [0.25, 0.3) is 0 Å². The first-order valence-electron chi connectivity index (χ1n) is 11.9. The van der Waals surface area contributed by atoms with Crippen molar-refractivity contribution in [3.05, 3.63) is 45.2 Å². The van der Waals surface area contributed by atoms with Gasteiger partial charge >= 0.3 is 12.1 Å². The van der Waals surface area contributed by atoms with Gasteiger partial charge in [-0.3, -0.25) is 4.79 Å². The average Bonchev–Trinajstić information content (AvgIpc) is 2.85. The molecule has 37 heavy (non-hydrogen) atoms. The molecule has 11 heteroatoms. The van der Waals surface area contributed by atoms with E-state index in [0.717, 1.165) is 31.7 Å². The SMILES string of the molecule is COC[C@H](C)N(c1ccc(Oc2ncc(I)cc2C(F)(F)F)cc1C(=O)OC)C(=O)[C@H]1CC[C@H](C)CC1. The van der Waals surface area contributed by atoms with E-state index in [9.17, 15) is 22.8 Å². The third kappa shape index (κ3) is 7.13. The van der Waals surface area contributed by atoms with Crippen molar-refractivity contribution in [3.63, 3.8) is 0 Å². The number of anilines is 1. The second kappa shape index (κ2) is 12.4. The molecule has 1 aromatic carbocycles. The molecule has 2 aromatic rings. The summed E-state index contributed by atoms with van der Waals surface area (Å²) >= 11 is 1.73. The molecule has 0 radical (unpaired) electrons. The van der Waals surface area contributed by atoms with Crippen LogP contribution in [0.4, 0.5) is 18.9 Å². The van der Waals surface area contributed by atoms with E-state index >= 15 is 0 Å². The smallest absolute Gasteiger partial charge is 0.421 e. The summed E-state index contributed by atoms with van der Waals surface area (Å²) in [7, 11) is 2.71. The molecule has 1 aromatic heterocycles. The highest BCUT2D eigenvalue weighted by Gasteiger charge is 2.37. The molecule has 0 N–H and O–H groups in total. The van der Waals surface area contributed by atoms with Crippen LogP contribution in [0, 0.1) is 15.4 Å². The van der Waals surface area contributed by atoms with Crippen molar-refractivity contribution in [1.29, 1.82) is 0 Å². The van der Waals surface area contributed by atoms with Crippen LogP contribution >= 0.6 is 22.6 Å². The molecule has 202 valence electrons. The van der Waals surface area contributed by atoms with Crippen LogP contribution in [-0.2, 0) is 20.4 Å². The zero-order chi connectivity index (χ0) is 27.3. The fourth-order valence-corrected chi connectivity index (χ4v) is 4.93. The van der Waals surface area contributed by atoms with Gasteiger partial charge in [0.25, 0.3) is 0 Å². The van der Waals surface area contributed by atoms with E-state index in [1.807, 2.05) is 6.92 Å². The van der Waals surface area contributed by atoms with Gasteiger partial charge in [0, 0.05) is 22.8 Å². The summed E-state index contributed by atoms with van der Waals surface area (Å²) in [6.45, 7) is 4.19. The van der Waals surface area contributed by atoms with E-state index in [-0.39, 0.29) is 35.4 Å². The number of aromatic nitrogens is 1. The van der Waals surface area contributed by atoms with E-state index < -0.39 is 29.6 Å². The van der Waals surface area contributed by atoms with Crippen LogP contribution in [0.2, 0.25) is 0 Å². The van der Waals surface area contributed by atoms with Gasteiger partial charge < -0.3 is 19.1 Å². The van der Waals surface area contributed by atoms with Gasteiger partial charge in [0.15, 0.2) is 0 Å². The molecule has 1 saturated carbocycles. The molecule has 0 unspecified atom stereocenters. The summed E-state index contributed by atoms with van der Waals surface area (Å²) in [4.78, 5) is 31.8. The first-order chi connectivity index (χ1) is 17.5. The highest BCUT2D eigenvalue weighted by molar-refractivity contribution is 14.1. The Balaban J connectivity index is 2.04. The number of rotatable bonds is 8. The Kier molecular flexibility index (Phi) is 9.79. The summed E-state index contributed by atoms with van der Waals surface area (Å²) < 4.78 is 56.7. The highest BCUT2D eigenvalue weighted by Crippen LogP contribution is 2.39. The molecule has 1 heterocycles. The Hall–Kier alpha value is -2.41.